The largest absolute Gasteiger partial charge is 0.455 e. The number of benzene rings is 1. The molecule has 2 aliphatic rings. The molecule has 32 heavy (non-hydrogen) atoms. The molecular formula is C24H26N4O3S. The second-order valence-electron chi connectivity index (χ2n) is 7.91. The van der Waals surface area contributed by atoms with Crippen LogP contribution in [0.25, 0.3) is 11.3 Å². The Morgan fingerprint density at radius 1 is 0.969 bits per heavy atom. The molecule has 0 radical (unpaired) electrons. The number of furan rings is 1. The molecule has 0 spiro atoms. The van der Waals surface area contributed by atoms with Gasteiger partial charge in [-0.25, -0.2) is 9.97 Å². The van der Waals surface area contributed by atoms with Crippen LogP contribution in [-0.2, 0) is 10.5 Å². The van der Waals surface area contributed by atoms with Crippen LogP contribution in [0.1, 0.15) is 29.2 Å². The van der Waals surface area contributed by atoms with Gasteiger partial charge in [0.25, 0.3) is 5.91 Å². The summed E-state index contributed by atoms with van der Waals surface area (Å²) in [5, 5.41) is 0.691. The Balaban J connectivity index is 1.34. The van der Waals surface area contributed by atoms with Gasteiger partial charge in [-0.3, -0.25) is 4.79 Å². The molecule has 5 rings (SSSR count). The molecule has 2 aromatic heterocycles. The van der Waals surface area contributed by atoms with Crippen LogP contribution in [0.15, 0.2) is 58.1 Å². The maximum absolute atomic E-state index is 12.5. The fourth-order valence-electron chi connectivity index (χ4n) is 3.97. The van der Waals surface area contributed by atoms with E-state index in [0.29, 0.717) is 29.9 Å². The molecule has 7 nitrogen and oxygen atoms in total. The third kappa shape index (κ3) is 4.81. The molecule has 166 valence electrons. The molecule has 0 N–H and O–H groups in total. The zero-order valence-electron chi connectivity index (χ0n) is 17.9. The summed E-state index contributed by atoms with van der Waals surface area (Å²) in [6.07, 6.45) is 2.13. The van der Waals surface area contributed by atoms with Crippen molar-refractivity contribution in [3.8, 4) is 11.3 Å². The standard InChI is InChI=1S/C24H26N4O3S/c29-23(28-10-4-5-11-28)21-9-8-19(31-21)17-32-24-25-20(18-6-2-1-3-7-18)16-22(26-24)27-12-14-30-15-13-27/h1-3,6-9,16H,4-5,10-15,17H2. The number of anilines is 1. The molecule has 0 unspecified atom stereocenters. The monoisotopic (exact) mass is 450 g/mol. The lowest BCUT2D eigenvalue weighted by Gasteiger charge is -2.28. The Kier molecular flexibility index (Phi) is 6.41. The summed E-state index contributed by atoms with van der Waals surface area (Å²) in [5.74, 6) is 2.62. The van der Waals surface area contributed by atoms with Crippen molar-refractivity contribution in [3.63, 3.8) is 0 Å². The number of hydrogen-bond donors (Lipinski definition) is 0. The van der Waals surface area contributed by atoms with E-state index in [4.69, 9.17) is 19.1 Å². The molecule has 0 atom stereocenters. The fraction of sp³-hybridized carbons (Fsp3) is 0.375. The van der Waals surface area contributed by atoms with Gasteiger partial charge in [-0.2, -0.15) is 0 Å². The van der Waals surface area contributed by atoms with E-state index in [-0.39, 0.29) is 5.91 Å². The van der Waals surface area contributed by atoms with Crippen LogP contribution in [0.2, 0.25) is 0 Å². The predicted molar refractivity (Wildman–Crippen MR) is 124 cm³/mol. The van der Waals surface area contributed by atoms with E-state index < -0.39 is 0 Å². The van der Waals surface area contributed by atoms with E-state index >= 15 is 0 Å². The molecule has 0 bridgehead atoms. The van der Waals surface area contributed by atoms with Gasteiger partial charge in [0.05, 0.1) is 24.7 Å². The van der Waals surface area contributed by atoms with Gasteiger partial charge < -0.3 is 19.0 Å². The molecule has 0 saturated carbocycles. The van der Waals surface area contributed by atoms with Gasteiger partial charge in [-0.15, -0.1) is 0 Å². The normalized spacial score (nSPS) is 16.5. The predicted octanol–water partition coefficient (Wildman–Crippen LogP) is 4.10. The summed E-state index contributed by atoms with van der Waals surface area (Å²) in [6, 6.07) is 15.8. The van der Waals surface area contributed by atoms with Crippen molar-refractivity contribution in [2.75, 3.05) is 44.3 Å². The average Bonchev–Trinajstić information content (AvgIpc) is 3.56. The van der Waals surface area contributed by atoms with Crippen molar-refractivity contribution in [2.24, 2.45) is 0 Å². The number of ether oxygens (including phenoxy) is 1. The van der Waals surface area contributed by atoms with Crippen LogP contribution in [0.5, 0.6) is 0 Å². The summed E-state index contributed by atoms with van der Waals surface area (Å²) >= 11 is 1.52. The first-order chi connectivity index (χ1) is 15.8. The molecule has 0 aliphatic carbocycles. The van der Waals surface area contributed by atoms with Crippen LogP contribution in [0, 0.1) is 0 Å². The van der Waals surface area contributed by atoms with Crippen LogP contribution < -0.4 is 4.90 Å². The summed E-state index contributed by atoms with van der Waals surface area (Å²) in [5.41, 5.74) is 1.96. The third-order valence-electron chi connectivity index (χ3n) is 5.71. The summed E-state index contributed by atoms with van der Waals surface area (Å²) in [6.45, 7) is 4.66. The van der Waals surface area contributed by atoms with E-state index in [1.165, 1.54) is 11.8 Å². The Morgan fingerprint density at radius 2 is 1.75 bits per heavy atom. The first kappa shape index (κ1) is 21.0. The van der Waals surface area contributed by atoms with Crippen molar-refractivity contribution in [1.82, 2.24) is 14.9 Å². The first-order valence-electron chi connectivity index (χ1n) is 11.0. The lowest BCUT2D eigenvalue weighted by Crippen LogP contribution is -2.36. The highest BCUT2D eigenvalue weighted by Gasteiger charge is 2.22. The highest BCUT2D eigenvalue weighted by atomic mass is 32.2. The number of amides is 1. The molecule has 3 aromatic rings. The molecular weight excluding hydrogens is 424 g/mol. The molecule has 2 aliphatic heterocycles. The fourth-order valence-corrected chi connectivity index (χ4v) is 4.72. The minimum Gasteiger partial charge on any atom is -0.455 e. The maximum Gasteiger partial charge on any atom is 0.289 e. The number of carbonyl (C=O) groups is 1. The second kappa shape index (κ2) is 9.75. The number of rotatable bonds is 6. The van der Waals surface area contributed by atoms with E-state index in [9.17, 15) is 4.79 Å². The van der Waals surface area contributed by atoms with Crippen molar-refractivity contribution in [1.29, 1.82) is 0 Å². The zero-order chi connectivity index (χ0) is 21.8. The number of aromatic nitrogens is 2. The summed E-state index contributed by atoms with van der Waals surface area (Å²) in [7, 11) is 0. The number of likely N-dealkylation sites (tertiary alicyclic amines) is 1. The minimum absolute atomic E-state index is 0.0179. The molecule has 8 heteroatoms. The summed E-state index contributed by atoms with van der Waals surface area (Å²) < 4.78 is 11.3. The number of carbonyl (C=O) groups excluding carboxylic acids is 1. The lowest BCUT2D eigenvalue weighted by molar-refractivity contribution is 0.0759. The van der Waals surface area contributed by atoms with Crippen LogP contribution in [0.3, 0.4) is 0 Å². The highest BCUT2D eigenvalue weighted by molar-refractivity contribution is 7.98. The van der Waals surface area contributed by atoms with Crippen molar-refractivity contribution in [2.45, 2.75) is 23.8 Å². The van der Waals surface area contributed by atoms with Gasteiger partial charge in [-0.1, -0.05) is 42.1 Å². The third-order valence-corrected chi connectivity index (χ3v) is 6.58. The number of hydrogen-bond acceptors (Lipinski definition) is 7. The van der Waals surface area contributed by atoms with Gasteiger partial charge >= 0.3 is 0 Å². The number of thioether (sulfide) groups is 1. The number of morpholine rings is 1. The van der Waals surface area contributed by atoms with E-state index in [0.717, 1.165) is 61.9 Å². The molecule has 1 aromatic carbocycles. The highest BCUT2D eigenvalue weighted by Crippen LogP contribution is 2.28. The van der Waals surface area contributed by atoms with Gasteiger partial charge in [0.2, 0.25) is 0 Å². The second-order valence-corrected chi connectivity index (χ2v) is 8.86. The molecule has 2 saturated heterocycles. The SMILES string of the molecule is O=C(c1ccc(CSc2nc(-c3ccccc3)cc(N3CCOCC3)n2)o1)N1CCCC1. The van der Waals surface area contributed by atoms with Crippen LogP contribution in [-0.4, -0.2) is 60.2 Å². The average molecular weight is 451 g/mol. The Hall–Kier alpha value is -2.84. The number of nitrogens with zero attached hydrogens (tertiary/aromatic N) is 4. The smallest absolute Gasteiger partial charge is 0.289 e. The first-order valence-corrected chi connectivity index (χ1v) is 12.0. The Bertz CT molecular complexity index is 1060. The lowest BCUT2D eigenvalue weighted by atomic mass is 10.1. The Labute approximate surface area is 191 Å². The van der Waals surface area contributed by atoms with Gasteiger partial charge in [0, 0.05) is 37.8 Å². The van der Waals surface area contributed by atoms with Crippen molar-refractivity contribution in [3.05, 3.63) is 60.1 Å². The van der Waals surface area contributed by atoms with E-state index in [1.807, 2.05) is 35.2 Å². The van der Waals surface area contributed by atoms with E-state index in [2.05, 4.69) is 17.0 Å². The summed E-state index contributed by atoms with van der Waals surface area (Å²) in [4.78, 5) is 26.2. The topological polar surface area (TPSA) is 71.7 Å². The van der Waals surface area contributed by atoms with Gasteiger partial charge in [0.1, 0.15) is 11.6 Å². The minimum atomic E-state index is -0.0179. The van der Waals surface area contributed by atoms with Crippen LogP contribution in [0.4, 0.5) is 5.82 Å². The maximum atomic E-state index is 12.5. The van der Waals surface area contributed by atoms with Gasteiger partial charge in [-0.05, 0) is 25.0 Å². The van der Waals surface area contributed by atoms with Crippen LogP contribution >= 0.6 is 11.8 Å². The van der Waals surface area contributed by atoms with Gasteiger partial charge in [0.15, 0.2) is 10.9 Å². The molecule has 1 amide bonds. The Morgan fingerprint density at radius 3 is 2.53 bits per heavy atom. The van der Waals surface area contributed by atoms with E-state index in [1.54, 1.807) is 6.07 Å². The zero-order valence-corrected chi connectivity index (χ0v) is 18.7. The quantitative estimate of drug-likeness (QED) is 0.414. The molecule has 4 heterocycles. The molecule has 2 fully saturated rings. The van der Waals surface area contributed by atoms with Crippen molar-refractivity contribution < 1.29 is 13.9 Å². The van der Waals surface area contributed by atoms with Crippen molar-refractivity contribution >= 4 is 23.5 Å².